The van der Waals surface area contributed by atoms with Gasteiger partial charge in [0.25, 0.3) is 0 Å². The standard InChI is InChI=1S/C8H5BrFIO/c1-4(12)7-5(9)2-3-6(10)8(7)11/h2-3H,1H3. The Morgan fingerprint density at radius 1 is 1.58 bits per heavy atom. The summed E-state index contributed by atoms with van der Waals surface area (Å²) in [4.78, 5) is 11.0. The van der Waals surface area contributed by atoms with E-state index >= 15 is 0 Å². The second-order valence-corrected chi connectivity index (χ2v) is 4.21. The van der Waals surface area contributed by atoms with Crippen LogP contribution in [0.4, 0.5) is 4.39 Å². The summed E-state index contributed by atoms with van der Waals surface area (Å²) < 4.78 is 13.9. The van der Waals surface area contributed by atoms with Gasteiger partial charge in [-0.15, -0.1) is 0 Å². The first-order valence-corrected chi connectivity index (χ1v) is 5.05. The van der Waals surface area contributed by atoms with E-state index < -0.39 is 0 Å². The van der Waals surface area contributed by atoms with Gasteiger partial charge in [0, 0.05) is 10.0 Å². The van der Waals surface area contributed by atoms with E-state index in [1.807, 2.05) is 22.6 Å². The maximum atomic E-state index is 12.9. The van der Waals surface area contributed by atoms with Crippen LogP contribution in [0.5, 0.6) is 0 Å². The molecule has 4 heteroatoms. The quantitative estimate of drug-likeness (QED) is 0.434. The van der Waals surface area contributed by atoms with Crippen molar-refractivity contribution in [2.45, 2.75) is 6.92 Å². The fourth-order valence-electron chi connectivity index (χ4n) is 0.850. The Kier molecular flexibility index (Phi) is 3.22. The molecule has 1 rings (SSSR count). The predicted octanol–water partition coefficient (Wildman–Crippen LogP) is 3.40. The van der Waals surface area contributed by atoms with Crippen molar-refractivity contribution in [3.05, 3.63) is 31.6 Å². The molecule has 0 N–H and O–H groups in total. The monoisotopic (exact) mass is 342 g/mol. The van der Waals surface area contributed by atoms with E-state index in [0.717, 1.165) is 0 Å². The van der Waals surface area contributed by atoms with E-state index in [9.17, 15) is 9.18 Å². The molecule has 0 unspecified atom stereocenters. The highest BCUT2D eigenvalue weighted by atomic mass is 127. The van der Waals surface area contributed by atoms with Crippen molar-refractivity contribution >= 4 is 44.3 Å². The first-order chi connectivity index (χ1) is 5.54. The molecule has 12 heavy (non-hydrogen) atoms. The van der Waals surface area contributed by atoms with Gasteiger partial charge in [0.05, 0.1) is 3.57 Å². The number of hydrogen-bond donors (Lipinski definition) is 0. The highest BCUT2D eigenvalue weighted by Crippen LogP contribution is 2.24. The maximum Gasteiger partial charge on any atom is 0.162 e. The summed E-state index contributed by atoms with van der Waals surface area (Å²) in [6.45, 7) is 1.42. The molecule has 0 saturated carbocycles. The highest BCUT2D eigenvalue weighted by molar-refractivity contribution is 14.1. The highest BCUT2D eigenvalue weighted by Gasteiger charge is 2.12. The lowest BCUT2D eigenvalue weighted by atomic mass is 10.1. The molecule has 0 bridgehead atoms. The minimum absolute atomic E-state index is 0.134. The van der Waals surface area contributed by atoms with Crippen LogP contribution < -0.4 is 0 Å². The van der Waals surface area contributed by atoms with E-state index in [2.05, 4.69) is 15.9 Å². The van der Waals surface area contributed by atoms with Crippen molar-refractivity contribution in [3.63, 3.8) is 0 Å². The molecular weight excluding hydrogens is 338 g/mol. The maximum absolute atomic E-state index is 12.9. The van der Waals surface area contributed by atoms with Crippen molar-refractivity contribution < 1.29 is 9.18 Å². The molecule has 1 aromatic rings. The zero-order valence-corrected chi connectivity index (χ0v) is 9.94. The van der Waals surface area contributed by atoms with Crippen LogP contribution in [0.1, 0.15) is 17.3 Å². The molecule has 64 valence electrons. The zero-order chi connectivity index (χ0) is 9.30. The van der Waals surface area contributed by atoms with Crippen LogP contribution in [0.2, 0.25) is 0 Å². The van der Waals surface area contributed by atoms with Gasteiger partial charge in [-0.1, -0.05) is 15.9 Å². The summed E-state index contributed by atoms with van der Waals surface area (Å²) >= 11 is 5.01. The first kappa shape index (κ1) is 10.1. The van der Waals surface area contributed by atoms with Crippen LogP contribution in [0.15, 0.2) is 16.6 Å². The van der Waals surface area contributed by atoms with Crippen molar-refractivity contribution in [2.75, 3.05) is 0 Å². The van der Waals surface area contributed by atoms with Gasteiger partial charge in [0.1, 0.15) is 5.82 Å². The summed E-state index contributed by atoms with van der Waals surface area (Å²) in [7, 11) is 0. The number of rotatable bonds is 1. The molecule has 0 aromatic heterocycles. The number of hydrogen-bond acceptors (Lipinski definition) is 1. The van der Waals surface area contributed by atoms with Crippen LogP contribution in [0.3, 0.4) is 0 Å². The number of carbonyl (C=O) groups excluding carboxylic acids is 1. The van der Waals surface area contributed by atoms with E-state index in [4.69, 9.17) is 0 Å². The lowest BCUT2D eigenvalue weighted by molar-refractivity contribution is 0.101. The van der Waals surface area contributed by atoms with Crippen molar-refractivity contribution in [3.8, 4) is 0 Å². The number of ketones is 1. The van der Waals surface area contributed by atoms with Crippen molar-refractivity contribution in [1.82, 2.24) is 0 Å². The van der Waals surface area contributed by atoms with Crippen LogP contribution >= 0.6 is 38.5 Å². The molecule has 0 aliphatic rings. The smallest absolute Gasteiger partial charge is 0.162 e. The molecule has 0 heterocycles. The van der Waals surface area contributed by atoms with Crippen LogP contribution in [0, 0.1) is 9.39 Å². The molecule has 1 nitrogen and oxygen atoms in total. The Morgan fingerprint density at radius 2 is 2.17 bits per heavy atom. The van der Waals surface area contributed by atoms with E-state index in [-0.39, 0.29) is 11.6 Å². The molecule has 0 radical (unpaired) electrons. The minimum atomic E-state index is -0.357. The Hall–Kier alpha value is 0.0300. The first-order valence-electron chi connectivity index (χ1n) is 3.18. The van der Waals surface area contributed by atoms with Gasteiger partial charge < -0.3 is 0 Å². The average molecular weight is 343 g/mol. The van der Waals surface area contributed by atoms with Crippen molar-refractivity contribution in [2.24, 2.45) is 0 Å². The van der Waals surface area contributed by atoms with Gasteiger partial charge in [-0.2, -0.15) is 0 Å². The molecule has 0 aliphatic carbocycles. The number of benzene rings is 1. The Bertz CT molecular complexity index is 338. The lowest BCUT2D eigenvalue weighted by Crippen LogP contribution is -1.99. The van der Waals surface area contributed by atoms with E-state index in [1.54, 1.807) is 0 Å². The third-order valence-electron chi connectivity index (χ3n) is 1.40. The molecule has 1 aromatic carbocycles. The number of carbonyl (C=O) groups is 1. The van der Waals surface area contributed by atoms with Gasteiger partial charge in [-0.25, -0.2) is 4.39 Å². The summed E-state index contributed by atoms with van der Waals surface area (Å²) in [5.41, 5.74) is 0.413. The van der Waals surface area contributed by atoms with Crippen molar-refractivity contribution in [1.29, 1.82) is 0 Å². The second kappa shape index (κ2) is 3.83. The van der Waals surface area contributed by atoms with E-state index in [1.165, 1.54) is 19.1 Å². The Morgan fingerprint density at radius 3 is 2.58 bits per heavy atom. The summed E-state index contributed by atoms with van der Waals surface area (Å²) in [5, 5.41) is 0. The summed E-state index contributed by atoms with van der Waals surface area (Å²) in [5.74, 6) is -0.491. The number of halogens is 3. The largest absolute Gasteiger partial charge is 0.294 e. The zero-order valence-electron chi connectivity index (χ0n) is 6.20. The normalized spacial score (nSPS) is 10.0. The minimum Gasteiger partial charge on any atom is -0.294 e. The van der Waals surface area contributed by atoms with Gasteiger partial charge in [0.15, 0.2) is 5.78 Å². The van der Waals surface area contributed by atoms with Gasteiger partial charge in [-0.3, -0.25) is 4.79 Å². The van der Waals surface area contributed by atoms with Crippen LogP contribution in [0.25, 0.3) is 0 Å². The predicted molar refractivity (Wildman–Crippen MR) is 56.8 cm³/mol. The topological polar surface area (TPSA) is 17.1 Å². The average Bonchev–Trinajstić information content (AvgIpc) is 1.97. The third kappa shape index (κ3) is 1.85. The lowest BCUT2D eigenvalue weighted by Gasteiger charge is -2.03. The van der Waals surface area contributed by atoms with Crippen LogP contribution in [-0.2, 0) is 0 Å². The second-order valence-electron chi connectivity index (χ2n) is 2.27. The van der Waals surface area contributed by atoms with Gasteiger partial charge in [0.2, 0.25) is 0 Å². The summed E-state index contributed by atoms with van der Waals surface area (Å²) in [6, 6.07) is 2.87. The van der Waals surface area contributed by atoms with E-state index in [0.29, 0.717) is 13.6 Å². The molecular formula is C8H5BrFIO. The molecule has 0 spiro atoms. The van der Waals surface area contributed by atoms with Gasteiger partial charge >= 0.3 is 0 Å². The molecule has 0 amide bonds. The molecule has 0 aliphatic heterocycles. The Labute approximate surface area is 91.6 Å². The van der Waals surface area contributed by atoms with Gasteiger partial charge in [-0.05, 0) is 41.6 Å². The molecule has 0 fully saturated rings. The fourth-order valence-corrected chi connectivity index (χ4v) is 2.68. The van der Waals surface area contributed by atoms with Crippen LogP contribution in [-0.4, -0.2) is 5.78 Å². The molecule has 0 saturated heterocycles. The Balaban J connectivity index is 3.43. The molecule has 0 atom stereocenters. The number of Topliss-reactive ketones (excluding diaryl/α,β-unsaturated/α-hetero) is 1. The fraction of sp³-hybridized carbons (Fsp3) is 0.125. The third-order valence-corrected chi connectivity index (χ3v) is 3.11. The summed E-state index contributed by atoms with van der Waals surface area (Å²) in [6.07, 6.45) is 0. The SMILES string of the molecule is CC(=O)c1c(Br)ccc(F)c1I.